The van der Waals surface area contributed by atoms with Gasteiger partial charge >= 0.3 is 5.97 Å². The highest BCUT2D eigenvalue weighted by atomic mass is 79.9. The van der Waals surface area contributed by atoms with Gasteiger partial charge in [-0.1, -0.05) is 6.42 Å². The molecule has 21 heavy (non-hydrogen) atoms. The topological polar surface area (TPSA) is 63.7 Å². The van der Waals surface area contributed by atoms with Gasteiger partial charge in [-0.25, -0.2) is 13.2 Å². The maximum atomic E-state index is 12.7. The van der Waals surface area contributed by atoms with E-state index in [2.05, 4.69) is 20.7 Å². The van der Waals surface area contributed by atoms with Gasteiger partial charge in [0.05, 0.1) is 17.6 Å². The molecule has 0 spiro atoms. The van der Waals surface area contributed by atoms with E-state index in [0.29, 0.717) is 11.0 Å². The largest absolute Gasteiger partial charge is 0.465 e. The van der Waals surface area contributed by atoms with Crippen LogP contribution in [0.3, 0.4) is 0 Å². The fraction of sp³-hybridized carbons (Fsp3) is 0.500. The summed E-state index contributed by atoms with van der Waals surface area (Å²) in [6.07, 6.45) is 2.77. The molecule has 0 aromatic heterocycles. The molecule has 0 amide bonds. The molecule has 1 saturated heterocycles. The Bertz CT molecular complexity index is 644. The Hall–Kier alpha value is -0.920. The fourth-order valence-electron chi connectivity index (χ4n) is 2.50. The van der Waals surface area contributed by atoms with Crippen molar-refractivity contribution in [3.63, 3.8) is 0 Å². The van der Waals surface area contributed by atoms with Crippen LogP contribution in [0.2, 0.25) is 0 Å². The van der Waals surface area contributed by atoms with Gasteiger partial charge in [0.15, 0.2) is 0 Å². The summed E-state index contributed by atoms with van der Waals surface area (Å²) in [7, 11) is -2.32. The van der Waals surface area contributed by atoms with Crippen molar-refractivity contribution in [2.45, 2.75) is 37.1 Å². The molecule has 1 unspecified atom stereocenters. The molecule has 1 aromatic rings. The van der Waals surface area contributed by atoms with Crippen LogP contribution in [0.5, 0.6) is 0 Å². The minimum Gasteiger partial charge on any atom is -0.465 e. The Balaban J connectivity index is 2.43. The zero-order valence-corrected chi connectivity index (χ0v) is 14.4. The van der Waals surface area contributed by atoms with E-state index in [0.717, 1.165) is 19.3 Å². The molecule has 0 radical (unpaired) electrons. The fourth-order valence-corrected chi connectivity index (χ4v) is 4.63. The average molecular weight is 376 g/mol. The molecule has 0 aliphatic carbocycles. The molecule has 1 atom stereocenters. The van der Waals surface area contributed by atoms with Crippen molar-refractivity contribution in [2.24, 2.45) is 0 Å². The SMILES string of the molecule is COC(=O)c1cc(S(=O)(=O)N2CCCCC2C)ccc1Br. The average Bonchev–Trinajstić information content (AvgIpc) is 2.47. The van der Waals surface area contributed by atoms with Gasteiger partial charge < -0.3 is 4.74 Å². The van der Waals surface area contributed by atoms with Gasteiger partial charge in [0.2, 0.25) is 10.0 Å². The highest BCUT2D eigenvalue weighted by Gasteiger charge is 2.31. The molecule has 0 N–H and O–H groups in total. The second-order valence-electron chi connectivity index (χ2n) is 5.09. The number of carbonyl (C=O) groups is 1. The molecule has 116 valence electrons. The Morgan fingerprint density at radius 3 is 2.71 bits per heavy atom. The second-order valence-corrected chi connectivity index (χ2v) is 7.84. The van der Waals surface area contributed by atoms with Crippen molar-refractivity contribution in [1.29, 1.82) is 0 Å². The highest BCUT2D eigenvalue weighted by Crippen LogP contribution is 2.28. The number of piperidine rings is 1. The first-order valence-corrected chi connectivity index (χ1v) is 9.01. The van der Waals surface area contributed by atoms with Crippen LogP contribution in [0.4, 0.5) is 0 Å². The number of sulfonamides is 1. The van der Waals surface area contributed by atoms with Crippen LogP contribution in [0.25, 0.3) is 0 Å². The Kier molecular flexibility index (Phi) is 5.06. The number of halogens is 1. The summed E-state index contributed by atoms with van der Waals surface area (Å²) >= 11 is 3.24. The molecule has 2 rings (SSSR count). The lowest BCUT2D eigenvalue weighted by Gasteiger charge is -2.32. The Labute approximate surface area is 133 Å². The molecule has 1 aliphatic rings. The summed E-state index contributed by atoms with van der Waals surface area (Å²) < 4.78 is 32.2. The molecule has 1 heterocycles. The number of hydrogen-bond acceptors (Lipinski definition) is 4. The van der Waals surface area contributed by atoms with Gasteiger partial charge in [-0.3, -0.25) is 0 Å². The molecule has 1 aliphatic heterocycles. The summed E-state index contributed by atoms with van der Waals surface area (Å²) in [6.45, 7) is 2.43. The molecule has 1 fully saturated rings. The molecule has 1 aromatic carbocycles. The quantitative estimate of drug-likeness (QED) is 0.761. The highest BCUT2D eigenvalue weighted by molar-refractivity contribution is 9.10. The van der Waals surface area contributed by atoms with E-state index in [-0.39, 0.29) is 16.5 Å². The van der Waals surface area contributed by atoms with Crippen LogP contribution in [0, 0.1) is 0 Å². The van der Waals surface area contributed by atoms with Gasteiger partial charge in [-0.05, 0) is 53.9 Å². The number of nitrogens with zero attached hydrogens (tertiary/aromatic N) is 1. The number of esters is 1. The summed E-state index contributed by atoms with van der Waals surface area (Å²) in [5.74, 6) is -0.564. The molecular formula is C14H18BrNO4S. The van der Waals surface area contributed by atoms with E-state index >= 15 is 0 Å². The van der Waals surface area contributed by atoms with Gasteiger partial charge in [-0.2, -0.15) is 4.31 Å². The molecule has 0 bridgehead atoms. The number of benzene rings is 1. The van der Waals surface area contributed by atoms with Crippen molar-refractivity contribution in [3.8, 4) is 0 Å². The number of rotatable bonds is 3. The first-order valence-electron chi connectivity index (χ1n) is 6.77. The summed E-state index contributed by atoms with van der Waals surface area (Å²) in [6, 6.07) is 4.42. The first kappa shape index (κ1) is 16.5. The number of carbonyl (C=O) groups excluding carboxylic acids is 1. The van der Waals surface area contributed by atoms with E-state index in [1.54, 1.807) is 6.07 Å². The predicted octanol–water partition coefficient (Wildman–Crippen LogP) is 2.80. The lowest BCUT2D eigenvalue weighted by Crippen LogP contribution is -2.41. The maximum Gasteiger partial charge on any atom is 0.339 e. The smallest absolute Gasteiger partial charge is 0.339 e. The lowest BCUT2D eigenvalue weighted by atomic mass is 10.1. The van der Waals surface area contributed by atoms with Crippen molar-refractivity contribution >= 4 is 31.9 Å². The van der Waals surface area contributed by atoms with Gasteiger partial charge in [-0.15, -0.1) is 0 Å². The zero-order valence-electron chi connectivity index (χ0n) is 12.0. The first-order chi connectivity index (χ1) is 9.87. The summed E-state index contributed by atoms with van der Waals surface area (Å²) in [4.78, 5) is 11.8. The molecular weight excluding hydrogens is 358 g/mol. The van der Waals surface area contributed by atoms with Crippen molar-refractivity contribution in [3.05, 3.63) is 28.2 Å². The Morgan fingerprint density at radius 1 is 1.38 bits per heavy atom. The standard InChI is InChI=1S/C14H18BrNO4S/c1-10-5-3-4-8-16(10)21(18,19)11-6-7-13(15)12(9-11)14(17)20-2/h6-7,9-10H,3-5,8H2,1-2H3. The maximum absolute atomic E-state index is 12.7. The molecule has 0 saturated carbocycles. The van der Waals surface area contributed by atoms with E-state index in [4.69, 9.17) is 0 Å². The Morgan fingerprint density at radius 2 is 2.10 bits per heavy atom. The van der Waals surface area contributed by atoms with Gasteiger partial charge in [0, 0.05) is 17.1 Å². The van der Waals surface area contributed by atoms with Crippen LogP contribution >= 0.6 is 15.9 Å². The van der Waals surface area contributed by atoms with E-state index < -0.39 is 16.0 Å². The normalized spacial score (nSPS) is 20.2. The predicted molar refractivity (Wildman–Crippen MR) is 82.7 cm³/mol. The minimum atomic E-state index is -3.59. The van der Waals surface area contributed by atoms with E-state index in [1.807, 2.05) is 6.92 Å². The van der Waals surface area contributed by atoms with Crippen molar-refractivity contribution in [2.75, 3.05) is 13.7 Å². The van der Waals surface area contributed by atoms with Crippen LogP contribution in [-0.4, -0.2) is 38.4 Å². The van der Waals surface area contributed by atoms with Gasteiger partial charge in [0.1, 0.15) is 0 Å². The van der Waals surface area contributed by atoms with E-state index in [1.165, 1.54) is 23.5 Å². The zero-order chi connectivity index (χ0) is 15.6. The van der Waals surface area contributed by atoms with Crippen LogP contribution in [0.1, 0.15) is 36.5 Å². The van der Waals surface area contributed by atoms with Crippen molar-refractivity contribution in [1.82, 2.24) is 4.31 Å². The monoisotopic (exact) mass is 375 g/mol. The number of hydrogen-bond donors (Lipinski definition) is 0. The van der Waals surface area contributed by atoms with Gasteiger partial charge in [0.25, 0.3) is 0 Å². The summed E-state index contributed by atoms with van der Waals surface area (Å²) in [5.41, 5.74) is 0.211. The number of methoxy groups -OCH3 is 1. The third kappa shape index (κ3) is 3.30. The summed E-state index contributed by atoms with van der Waals surface area (Å²) in [5, 5.41) is 0. The molecule has 7 heteroatoms. The van der Waals surface area contributed by atoms with Crippen LogP contribution in [0.15, 0.2) is 27.6 Å². The minimum absolute atomic E-state index is 0.0195. The van der Waals surface area contributed by atoms with Crippen LogP contribution < -0.4 is 0 Å². The van der Waals surface area contributed by atoms with Crippen molar-refractivity contribution < 1.29 is 17.9 Å². The van der Waals surface area contributed by atoms with Crippen LogP contribution in [-0.2, 0) is 14.8 Å². The third-order valence-corrected chi connectivity index (χ3v) is 6.39. The van der Waals surface area contributed by atoms with E-state index in [9.17, 15) is 13.2 Å². The molecule has 5 nitrogen and oxygen atoms in total. The lowest BCUT2D eigenvalue weighted by molar-refractivity contribution is 0.0599. The number of ether oxygens (including phenoxy) is 1. The second kappa shape index (κ2) is 6.46. The third-order valence-electron chi connectivity index (χ3n) is 3.69.